The molecular formula is C10H13NO2S. The fourth-order valence-corrected chi connectivity index (χ4v) is 1.53. The van der Waals surface area contributed by atoms with Gasteiger partial charge in [-0.05, 0) is 36.8 Å². The lowest BCUT2D eigenvalue weighted by molar-refractivity contribution is 0.0601. The van der Waals surface area contributed by atoms with Crippen LogP contribution >= 0.6 is 0 Å². The minimum atomic E-state index is -0.316. The van der Waals surface area contributed by atoms with Crippen LogP contribution in [-0.4, -0.2) is 25.6 Å². The van der Waals surface area contributed by atoms with E-state index >= 15 is 0 Å². The van der Waals surface area contributed by atoms with E-state index in [-0.39, 0.29) is 16.7 Å². The second-order valence-electron chi connectivity index (χ2n) is 2.90. The molecule has 0 radical (unpaired) electrons. The average molecular weight is 211 g/mol. The predicted molar refractivity (Wildman–Crippen MR) is 59.1 cm³/mol. The molecule has 0 heterocycles. The number of carbonyl (C=O) groups is 1. The first-order valence-electron chi connectivity index (χ1n) is 4.11. The summed E-state index contributed by atoms with van der Waals surface area (Å²) in [6.07, 6.45) is 4.07. The van der Waals surface area contributed by atoms with E-state index in [4.69, 9.17) is 0 Å². The molecular weight excluding hydrogens is 198 g/mol. The van der Waals surface area contributed by atoms with Gasteiger partial charge in [-0.3, -0.25) is 0 Å². The summed E-state index contributed by atoms with van der Waals surface area (Å²) < 4.78 is 8.95. The van der Waals surface area contributed by atoms with Crippen molar-refractivity contribution in [3.05, 3.63) is 29.8 Å². The third-order valence-electron chi connectivity index (χ3n) is 1.58. The highest BCUT2D eigenvalue weighted by Gasteiger charge is 2.03. The van der Waals surface area contributed by atoms with Gasteiger partial charge < -0.3 is 4.74 Å². The molecule has 4 heteroatoms. The van der Waals surface area contributed by atoms with E-state index in [1.165, 1.54) is 7.11 Å². The number of esters is 1. The van der Waals surface area contributed by atoms with Crippen molar-refractivity contribution in [2.24, 2.45) is 4.36 Å². The molecule has 0 N–H and O–H groups in total. The fourth-order valence-electron chi connectivity index (χ4n) is 0.987. The zero-order valence-electron chi connectivity index (χ0n) is 8.48. The highest BCUT2D eigenvalue weighted by molar-refractivity contribution is 7.85. The third kappa shape index (κ3) is 2.96. The Balaban J connectivity index is 2.89. The van der Waals surface area contributed by atoms with E-state index in [0.29, 0.717) is 5.56 Å². The molecule has 0 aliphatic rings. The van der Waals surface area contributed by atoms with Crippen LogP contribution < -0.4 is 0 Å². The number of nitrogens with zero attached hydrogens (tertiary/aromatic N) is 1. The highest BCUT2D eigenvalue weighted by atomic mass is 32.2. The van der Waals surface area contributed by atoms with Gasteiger partial charge in [0, 0.05) is 0 Å². The van der Waals surface area contributed by atoms with E-state index < -0.39 is 0 Å². The van der Waals surface area contributed by atoms with Crippen LogP contribution in [0, 0.1) is 0 Å². The van der Waals surface area contributed by atoms with Crippen LogP contribution in [0.5, 0.6) is 0 Å². The number of benzene rings is 1. The largest absolute Gasteiger partial charge is 0.465 e. The molecule has 1 rings (SSSR count). The van der Waals surface area contributed by atoms with Crippen LogP contribution in [0.25, 0.3) is 0 Å². The maximum Gasteiger partial charge on any atom is 0.337 e. The van der Waals surface area contributed by atoms with Crippen LogP contribution in [0.1, 0.15) is 10.4 Å². The number of ether oxygens (including phenoxy) is 1. The van der Waals surface area contributed by atoms with Crippen molar-refractivity contribution in [3.63, 3.8) is 0 Å². The molecule has 0 aromatic heterocycles. The fraction of sp³-hybridized carbons (Fsp3) is 0.300. The molecule has 0 fully saturated rings. The van der Waals surface area contributed by atoms with E-state index in [9.17, 15) is 4.79 Å². The Hall–Kier alpha value is -1.16. The molecule has 0 spiro atoms. The molecule has 0 aliphatic carbocycles. The lowest BCUT2D eigenvalue weighted by Gasteiger charge is -1.99. The molecule has 3 nitrogen and oxygen atoms in total. The van der Waals surface area contributed by atoms with E-state index in [1.807, 2.05) is 24.6 Å². The van der Waals surface area contributed by atoms with Crippen molar-refractivity contribution in [2.45, 2.75) is 0 Å². The standard InChI is InChI=1S/C10H13NO2S/c1-13-10(12)8-4-6-9(7-5-8)11-14(2)3/h4-7H,1-3H3. The van der Waals surface area contributed by atoms with Crippen LogP contribution in [0.3, 0.4) is 0 Å². The van der Waals surface area contributed by atoms with Crippen LogP contribution in [0.15, 0.2) is 28.6 Å². The topological polar surface area (TPSA) is 38.7 Å². The monoisotopic (exact) mass is 211 g/mol. The second kappa shape index (κ2) is 4.91. The quantitative estimate of drug-likeness (QED) is 0.703. The summed E-state index contributed by atoms with van der Waals surface area (Å²) in [7, 11) is 1.39. The molecule has 0 unspecified atom stereocenters. The molecule has 1 aromatic carbocycles. The third-order valence-corrected chi connectivity index (χ3v) is 2.15. The molecule has 0 amide bonds. The van der Waals surface area contributed by atoms with Crippen molar-refractivity contribution in [3.8, 4) is 0 Å². The smallest absolute Gasteiger partial charge is 0.337 e. The molecule has 14 heavy (non-hydrogen) atoms. The normalized spacial score (nSPS) is 10.0. The molecule has 1 aromatic rings. The second-order valence-corrected chi connectivity index (χ2v) is 4.63. The molecule has 0 saturated carbocycles. The summed E-state index contributed by atoms with van der Waals surface area (Å²) >= 11 is 0. The Morgan fingerprint density at radius 3 is 2.29 bits per heavy atom. The zero-order valence-corrected chi connectivity index (χ0v) is 9.30. The Labute approximate surface area is 86.2 Å². The summed E-state index contributed by atoms with van der Waals surface area (Å²) in [5.74, 6) is -0.316. The van der Waals surface area contributed by atoms with Crippen LogP contribution in [0.4, 0.5) is 5.69 Å². The lowest BCUT2D eigenvalue weighted by atomic mass is 10.2. The summed E-state index contributed by atoms with van der Waals surface area (Å²) in [6.45, 7) is 0. The lowest BCUT2D eigenvalue weighted by Crippen LogP contribution is -1.99. The first kappa shape index (κ1) is 10.9. The molecule has 0 atom stereocenters. The van der Waals surface area contributed by atoms with Gasteiger partial charge in [0.1, 0.15) is 0 Å². The first-order chi connectivity index (χ1) is 6.63. The van der Waals surface area contributed by atoms with Crippen molar-refractivity contribution in [1.82, 2.24) is 0 Å². The molecule has 0 saturated heterocycles. The van der Waals surface area contributed by atoms with Gasteiger partial charge in [-0.25, -0.2) is 9.16 Å². The van der Waals surface area contributed by atoms with E-state index in [2.05, 4.69) is 9.10 Å². The Kier molecular flexibility index (Phi) is 3.83. The highest BCUT2D eigenvalue weighted by Crippen LogP contribution is 2.14. The first-order valence-corrected chi connectivity index (χ1v) is 6.11. The van der Waals surface area contributed by atoms with Gasteiger partial charge >= 0.3 is 5.97 Å². The van der Waals surface area contributed by atoms with Crippen molar-refractivity contribution < 1.29 is 9.53 Å². The molecule has 0 bridgehead atoms. The van der Waals surface area contributed by atoms with E-state index in [0.717, 1.165) is 5.69 Å². The van der Waals surface area contributed by atoms with Crippen LogP contribution in [0.2, 0.25) is 0 Å². The number of methoxy groups -OCH3 is 1. The van der Waals surface area contributed by atoms with Gasteiger partial charge in [-0.15, -0.1) is 10.7 Å². The zero-order chi connectivity index (χ0) is 10.6. The number of hydrogen-bond acceptors (Lipinski definition) is 3. The number of rotatable bonds is 2. The van der Waals surface area contributed by atoms with Crippen molar-refractivity contribution >= 4 is 22.3 Å². The number of hydrogen-bond donors (Lipinski definition) is 0. The van der Waals surface area contributed by atoms with Gasteiger partial charge in [0.25, 0.3) is 0 Å². The van der Waals surface area contributed by atoms with Crippen molar-refractivity contribution in [2.75, 3.05) is 19.6 Å². The van der Waals surface area contributed by atoms with Gasteiger partial charge in [-0.2, -0.15) is 0 Å². The summed E-state index contributed by atoms with van der Waals surface area (Å²) in [5, 5.41) is 0. The minimum Gasteiger partial charge on any atom is -0.465 e. The average Bonchev–Trinajstić information content (AvgIpc) is 2.17. The summed E-state index contributed by atoms with van der Waals surface area (Å²) in [4.78, 5) is 11.1. The van der Waals surface area contributed by atoms with E-state index in [1.54, 1.807) is 12.1 Å². The van der Waals surface area contributed by atoms with Crippen molar-refractivity contribution in [1.29, 1.82) is 0 Å². The summed E-state index contributed by atoms with van der Waals surface area (Å²) in [5.41, 5.74) is 1.45. The Bertz CT molecular complexity index is 353. The van der Waals surface area contributed by atoms with Crippen LogP contribution in [-0.2, 0) is 15.4 Å². The maximum absolute atomic E-state index is 11.1. The maximum atomic E-state index is 11.1. The van der Waals surface area contributed by atoms with Gasteiger partial charge in [-0.1, -0.05) is 0 Å². The molecule has 76 valence electrons. The summed E-state index contributed by atoms with van der Waals surface area (Å²) in [6, 6.07) is 7.08. The minimum absolute atomic E-state index is 0.0232. The van der Waals surface area contributed by atoms with Gasteiger partial charge in [0.05, 0.1) is 18.4 Å². The molecule has 0 aliphatic heterocycles. The van der Waals surface area contributed by atoms with Gasteiger partial charge in [0.2, 0.25) is 0 Å². The van der Waals surface area contributed by atoms with Gasteiger partial charge in [0.15, 0.2) is 0 Å². The predicted octanol–water partition coefficient (Wildman–Crippen LogP) is 2.17. The SMILES string of the molecule is COC(=O)c1ccc(N=S(C)C)cc1. The Morgan fingerprint density at radius 2 is 1.86 bits per heavy atom. The number of carbonyl (C=O) groups excluding carboxylic acids is 1. The Morgan fingerprint density at radius 1 is 1.29 bits per heavy atom.